The van der Waals surface area contributed by atoms with E-state index in [1.165, 1.54) is 0 Å². The molecule has 0 spiro atoms. The lowest BCUT2D eigenvalue weighted by Gasteiger charge is -2.03. The van der Waals surface area contributed by atoms with E-state index >= 15 is 0 Å². The van der Waals surface area contributed by atoms with Crippen LogP contribution in [0.1, 0.15) is 24.0 Å². The number of Topliss-reactive ketones (excluding diaryl/α,β-unsaturated/α-hetero) is 1. The van der Waals surface area contributed by atoms with Crippen molar-refractivity contribution >= 4 is 17.7 Å². The van der Waals surface area contributed by atoms with Crippen LogP contribution in [0.25, 0.3) is 0 Å². The molecule has 0 aliphatic rings. The molecule has 0 saturated carbocycles. The van der Waals surface area contributed by atoms with Gasteiger partial charge in [-0.25, -0.2) is 0 Å². The number of benzene rings is 2. The number of guanidine groups is 1. The summed E-state index contributed by atoms with van der Waals surface area (Å²) in [7, 11) is 0. The Morgan fingerprint density at radius 2 is 1.36 bits per heavy atom. The number of carbonyl (C=O) groups is 2. The molecule has 0 amide bonds. The van der Waals surface area contributed by atoms with E-state index in [-0.39, 0.29) is 11.7 Å². The Hall–Kier alpha value is -3.19. The number of ketones is 1. The van der Waals surface area contributed by atoms with Gasteiger partial charge < -0.3 is 22.3 Å². The molecular formula is C21H28N4O3. The van der Waals surface area contributed by atoms with Gasteiger partial charge in [0.25, 0.3) is 0 Å². The molecule has 0 aliphatic carbocycles. The number of carboxylic acids is 1. The average Bonchev–Trinajstić information content (AvgIpc) is 2.67. The highest BCUT2D eigenvalue weighted by molar-refractivity contribution is 5.83. The fraction of sp³-hybridized carbons (Fsp3) is 0.286. The largest absolute Gasteiger partial charge is 0.480 e. The zero-order chi connectivity index (χ0) is 20.8. The number of carbonyl (C=O) groups excluding carboxylic acids is 1. The van der Waals surface area contributed by atoms with E-state index < -0.39 is 12.0 Å². The van der Waals surface area contributed by atoms with Gasteiger partial charge in [-0.2, -0.15) is 0 Å². The Balaban J connectivity index is 0.000000295. The van der Waals surface area contributed by atoms with Gasteiger partial charge in [0, 0.05) is 19.4 Å². The summed E-state index contributed by atoms with van der Waals surface area (Å²) in [6.07, 6.45) is 2.00. The zero-order valence-corrected chi connectivity index (χ0v) is 15.8. The lowest BCUT2D eigenvalue weighted by molar-refractivity contribution is -0.138. The summed E-state index contributed by atoms with van der Waals surface area (Å²) in [6.45, 7) is 0.420. The first-order valence-corrected chi connectivity index (χ1v) is 9.01. The minimum Gasteiger partial charge on any atom is -0.480 e. The first kappa shape index (κ1) is 22.9. The highest BCUT2D eigenvalue weighted by atomic mass is 16.4. The minimum absolute atomic E-state index is 0.0129. The van der Waals surface area contributed by atoms with Gasteiger partial charge in [0.2, 0.25) is 0 Å². The second kappa shape index (κ2) is 13.1. The Morgan fingerprint density at radius 1 is 0.893 bits per heavy atom. The van der Waals surface area contributed by atoms with Gasteiger partial charge in [-0.1, -0.05) is 60.7 Å². The fourth-order valence-electron chi connectivity index (χ4n) is 2.35. The Kier molecular flexibility index (Phi) is 10.7. The maximum atomic E-state index is 11.8. The third kappa shape index (κ3) is 10.7. The molecule has 0 saturated heterocycles. The molecule has 28 heavy (non-hydrogen) atoms. The predicted octanol–water partition coefficient (Wildman–Crippen LogP) is 1.49. The third-order valence-electron chi connectivity index (χ3n) is 3.77. The molecule has 0 fully saturated rings. The third-order valence-corrected chi connectivity index (χ3v) is 3.77. The fourth-order valence-corrected chi connectivity index (χ4v) is 2.35. The van der Waals surface area contributed by atoms with E-state index in [4.69, 9.17) is 22.3 Å². The first-order chi connectivity index (χ1) is 13.4. The number of carboxylic acid groups (broad SMARTS) is 1. The molecule has 0 aromatic heterocycles. The summed E-state index contributed by atoms with van der Waals surface area (Å²) in [5.41, 5.74) is 17.5. The maximum Gasteiger partial charge on any atom is 0.320 e. The summed E-state index contributed by atoms with van der Waals surface area (Å²) < 4.78 is 0. The molecule has 0 radical (unpaired) electrons. The number of rotatable bonds is 9. The van der Waals surface area contributed by atoms with Gasteiger partial charge in [0.05, 0.1) is 0 Å². The van der Waals surface area contributed by atoms with Crippen molar-refractivity contribution < 1.29 is 14.7 Å². The smallest absolute Gasteiger partial charge is 0.320 e. The quantitative estimate of drug-likeness (QED) is 0.293. The SMILES string of the molecule is NC(N)=NCCCC(N)C(=O)O.O=C(Cc1ccccc1)Cc1ccccc1. The van der Waals surface area contributed by atoms with Crippen LogP contribution in [0, 0.1) is 0 Å². The first-order valence-electron chi connectivity index (χ1n) is 9.01. The van der Waals surface area contributed by atoms with Crippen molar-refractivity contribution in [2.24, 2.45) is 22.2 Å². The summed E-state index contributed by atoms with van der Waals surface area (Å²) in [5.74, 6) is -0.726. The second-order valence-corrected chi connectivity index (χ2v) is 6.26. The summed E-state index contributed by atoms with van der Waals surface area (Å²) in [6, 6.07) is 18.9. The molecule has 0 bridgehead atoms. The molecule has 7 nitrogen and oxygen atoms in total. The molecule has 2 aromatic carbocycles. The van der Waals surface area contributed by atoms with Crippen molar-refractivity contribution in [1.82, 2.24) is 0 Å². The van der Waals surface area contributed by atoms with Crippen LogP contribution in [-0.2, 0) is 22.4 Å². The van der Waals surface area contributed by atoms with Gasteiger partial charge in [-0.3, -0.25) is 14.6 Å². The van der Waals surface area contributed by atoms with Crippen LogP contribution in [0.5, 0.6) is 0 Å². The molecule has 0 aliphatic heterocycles. The Morgan fingerprint density at radius 3 is 1.75 bits per heavy atom. The maximum absolute atomic E-state index is 11.8. The molecule has 1 atom stereocenters. The van der Waals surface area contributed by atoms with E-state index in [2.05, 4.69) is 4.99 Å². The Bertz CT molecular complexity index is 701. The van der Waals surface area contributed by atoms with Crippen LogP contribution < -0.4 is 17.2 Å². The number of nitrogens with zero attached hydrogens (tertiary/aromatic N) is 1. The number of aliphatic carboxylic acids is 1. The monoisotopic (exact) mass is 384 g/mol. The van der Waals surface area contributed by atoms with E-state index in [0.717, 1.165) is 11.1 Å². The van der Waals surface area contributed by atoms with E-state index in [1.807, 2.05) is 60.7 Å². The molecule has 0 heterocycles. The predicted molar refractivity (Wildman–Crippen MR) is 111 cm³/mol. The number of nitrogens with two attached hydrogens (primary N) is 3. The van der Waals surface area contributed by atoms with Crippen LogP contribution in [0.15, 0.2) is 65.7 Å². The highest BCUT2D eigenvalue weighted by Gasteiger charge is 2.09. The van der Waals surface area contributed by atoms with Crippen LogP contribution >= 0.6 is 0 Å². The lowest BCUT2D eigenvalue weighted by Crippen LogP contribution is -2.30. The van der Waals surface area contributed by atoms with Crippen molar-refractivity contribution in [1.29, 1.82) is 0 Å². The molecule has 7 N–H and O–H groups in total. The molecule has 150 valence electrons. The number of aliphatic imine (C=N–C) groups is 1. The normalized spacial score (nSPS) is 10.9. The van der Waals surface area contributed by atoms with Gasteiger partial charge in [-0.05, 0) is 24.0 Å². The Labute approximate surface area is 165 Å². The van der Waals surface area contributed by atoms with Gasteiger partial charge in [0.1, 0.15) is 11.8 Å². The zero-order valence-electron chi connectivity index (χ0n) is 15.8. The molecule has 2 rings (SSSR count). The van der Waals surface area contributed by atoms with Gasteiger partial charge in [-0.15, -0.1) is 0 Å². The van der Waals surface area contributed by atoms with Crippen LogP contribution in [-0.4, -0.2) is 35.4 Å². The van der Waals surface area contributed by atoms with Crippen molar-refractivity contribution in [3.05, 3.63) is 71.8 Å². The number of hydrogen-bond acceptors (Lipinski definition) is 4. The summed E-state index contributed by atoms with van der Waals surface area (Å²) in [5, 5.41) is 8.38. The summed E-state index contributed by atoms with van der Waals surface area (Å²) in [4.78, 5) is 25.7. The lowest BCUT2D eigenvalue weighted by atomic mass is 10.0. The van der Waals surface area contributed by atoms with Gasteiger partial charge >= 0.3 is 5.97 Å². The summed E-state index contributed by atoms with van der Waals surface area (Å²) >= 11 is 0. The molecular weight excluding hydrogens is 356 g/mol. The topological polar surface area (TPSA) is 145 Å². The van der Waals surface area contributed by atoms with Crippen molar-refractivity contribution in [3.63, 3.8) is 0 Å². The molecule has 2 aromatic rings. The van der Waals surface area contributed by atoms with E-state index in [0.29, 0.717) is 32.2 Å². The standard InChI is InChI=1S/C15H14O.C6H14N4O2/c16-15(11-13-7-3-1-4-8-13)12-14-9-5-2-6-10-14;7-4(5(11)12)2-1-3-10-6(8)9/h1-10H,11-12H2;4H,1-3,7H2,(H,11,12)(H4,8,9,10). The molecule has 7 heteroatoms. The van der Waals surface area contributed by atoms with E-state index in [9.17, 15) is 9.59 Å². The second-order valence-electron chi connectivity index (χ2n) is 6.26. The van der Waals surface area contributed by atoms with Crippen LogP contribution in [0.3, 0.4) is 0 Å². The van der Waals surface area contributed by atoms with Gasteiger partial charge in [0.15, 0.2) is 5.96 Å². The number of hydrogen-bond donors (Lipinski definition) is 4. The average molecular weight is 384 g/mol. The van der Waals surface area contributed by atoms with Crippen LogP contribution in [0.2, 0.25) is 0 Å². The van der Waals surface area contributed by atoms with Crippen molar-refractivity contribution in [3.8, 4) is 0 Å². The van der Waals surface area contributed by atoms with Crippen molar-refractivity contribution in [2.75, 3.05) is 6.54 Å². The van der Waals surface area contributed by atoms with E-state index in [1.54, 1.807) is 0 Å². The minimum atomic E-state index is -1.00. The highest BCUT2D eigenvalue weighted by Crippen LogP contribution is 2.05. The van der Waals surface area contributed by atoms with Crippen molar-refractivity contribution in [2.45, 2.75) is 31.7 Å². The van der Waals surface area contributed by atoms with Crippen LogP contribution in [0.4, 0.5) is 0 Å². The molecule has 1 unspecified atom stereocenters.